The highest BCUT2D eigenvalue weighted by Gasteiger charge is 2.25. The van der Waals surface area contributed by atoms with Gasteiger partial charge in [0.15, 0.2) is 0 Å². The summed E-state index contributed by atoms with van der Waals surface area (Å²) < 4.78 is 1.58. The lowest BCUT2D eigenvalue weighted by Gasteiger charge is -2.12. The van der Waals surface area contributed by atoms with E-state index in [4.69, 9.17) is 0 Å². The first-order valence-corrected chi connectivity index (χ1v) is 7.29. The van der Waals surface area contributed by atoms with Gasteiger partial charge in [0.2, 0.25) is 5.82 Å². The van der Waals surface area contributed by atoms with E-state index in [0.29, 0.717) is 5.78 Å². The summed E-state index contributed by atoms with van der Waals surface area (Å²) in [6.45, 7) is 1.90. The van der Waals surface area contributed by atoms with Crippen LogP contribution in [0.2, 0.25) is 0 Å². The lowest BCUT2D eigenvalue weighted by Crippen LogP contribution is -2.28. The van der Waals surface area contributed by atoms with Crippen molar-refractivity contribution in [2.24, 2.45) is 0 Å². The van der Waals surface area contributed by atoms with E-state index < -0.39 is 0 Å². The van der Waals surface area contributed by atoms with Gasteiger partial charge in [0, 0.05) is 11.9 Å². The summed E-state index contributed by atoms with van der Waals surface area (Å²) in [5, 5.41) is 7.27. The predicted octanol–water partition coefficient (Wildman–Crippen LogP) is 1.85. The molecule has 1 amide bonds. The van der Waals surface area contributed by atoms with E-state index in [1.807, 2.05) is 25.1 Å². The standard InChI is InChI=1S/C16H15N5O/c1-10-8-9-17-16-19-14(20-21(10)16)15(22)18-13-7-6-11-4-2-3-5-12(11)13/h2-5,8-9,13H,6-7H2,1H3,(H,18,22)/t13-/m0/s1. The van der Waals surface area contributed by atoms with Crippen molar-refractivity contribution in [2.45, 2.75) is 25.8 Å². The third-order valence-electron chi connectivity index (χ3n) is 4.07. The van der Waals surface area contributed by atoms with Crippen LogP contribution in [0.15, 0.2) is 36.5 Å². The van der Waals surface area contributed by atoms with Crippen molar-refractivity contribution in [3.8, 4) is 0 Å². The molecular weight excluding hydrogens is 278 g/mol. The molecule has 110 valence electrons. The number of aryl methyl sites for hydroxylation is 2. The number of rotatable bonds is 2. The number of amides is 1. The molecule has 0 fully saturated rings. The molecule has 22 heavy (non-hydrogen) atoms. The number of carbonyl (C=O) groups is 1. The zero-order valence-electron chi connectivity index (χ0n) is 12.2. The van der Waals surface area contributed by atoms with Gasteiger partial charge in [-0.05, 0) is 37.0 Å². The number of benzene rings is 1. The average Bonchev–Trinajstić information content (AvgIpc) is 3.13. The third kappa shape index (κ3) is 2.04. The van der Waals surface area contributed by atoms with Crippen LogP contribution in [0, 0.1) is 6.92 Å². The highest BCUT2D eigenvalue weighted by molar-refractivity contribution is 5.91. The van der Waals surface area contributed by atoms with Crippen LogP contribution >= 0.6 is 0 Å². The smallest absolute Gasteiger partial charge is 0.291 e. The maximum absolute atomic E-state index is 12.4. The maximum Gasteiger partial charge on any atom is 0.291 e. The van der Waals surface area contributed by atoms with Crippen molar-refractivity contribution >= 4 is 11.7 Å². The highest BCUT2D eigenvalue weighted by atomic mass is 16.2. The summed E-state index contributed by atoms with van der Waals surface area (Å²) in [4.78, 5) is 20.7. The fourth-order valence-electron chi connectivity index (χ4n) is 2.93. The second-order valence-corrected chi connectivity index (χ2v) is 5.50. The van der Waals surface area contributed by atoms with Gasteiger partial charge in [0.25, 0.3) is 11.7 Å². The molecule has 6 nitrogen and oxygen atoms in total. The molecule has 0 aliphatic heterocycles. The monoisotopic (exact) mass is 293 g/mol. The van der Waals surface area contributed by atoms with Gasteiger partial charge in [-0.3, -0.25) is 4.79 Å². The van der Waals surface area contributed by atoms with Gasteiger partial charge in [-0.15, -0.1) is 5.10 Å². The summed E-state index contributed by atoms with van der Waals surface area (Å²) in [5.74, 6) is 0.342. The fourth-order valence-corrected chi connectivity index (χ4v) is 2.93. The first-order chi connectivity index (χ1) is 10.7. The largest absolute Gasteiger partial charge is 0.342 e. The van der Waals surface area contributed by atoms with Gasteiger partial charge in [-0.25, -0.2) is 9.50 Å². The summed E-state index contributed by atoms with van der Waals surface area (Å²) >= 11 is 0. The van der Waals surface area contributed by atoms with Crippen LogP contribution < -0.4 is 5.32 Å². The van der Waals surface area contributed by atoms with Crippen LogP contribution in [0.5, 0.6) is 0 Å². The number of fused-ring (bicyclic) bond motifs is 2. The molecule has 1 atom stereocenters. The summed E-state index contributed by atoms with van der Waals surface area (Å²) in [7, 11) is 0. The minimum absolute atomic E-state index is 0.0318. The lowest BCUT2D eigenvalue weighted by atomic mass is 10.1. The molecule has 3 aromatic rings. The van der Waals surface area contributed by atoms with Gasteiger partial charge in [0.05, 0.1) is 6.04 Å². The Hall–Kier alpha value is -2.76. The molecule has 1 N–H and O–H groups in total. The Labute approximate surface area is 127 Å². The second-order valence-electron chi connectivity index (χ2n) is 5.50. The van der Waals surface area contributed by atoms with Gasteiger partial charge in [-0.1, -0.05) is 24.3 Å². The van der Waals surface area contributed by atoms with E-state index in [0.717, 1.165) is 18.5 Å². The van der Waals surface area contributed by atoms with Crippen LogP contribution in [-0.2, 0) is 6.42 Å². The maximum atomic E-state index is 12.4. The number of carbonyl (C=O) groups excluding carboxylic acids is 1. The molecule has 1 aromatic carbocycles. The Bertz CT molecular complexity index is 870. The van der Waals surface area contributed by atoms with Crippen molar-refractivity contribution in [1.29, 1.82) is 0 Å². The molecule has 0 saturated carbocycles. The molecule has 4 rings (SSSR count). The van der Waals surface area contributed by atoms with Crippen LogP contribution in [0.1, 0.15) is 39.9 Å². The molecule has 6 heteroatoms. The first-order valence-electron chi connectivity index (χ1n) is 7.29. The Morgan fingerprint density at radius 3 is 3.05 bits per heavy atom. The Morgan fingerprint density at radius 2 is 2.18 bits per heavy atom. The number of nitrogens with zero attached hydrogens (tertiary/aromatic N) is 4. The number of nitrogens with one attached hydrogen (secondary N) is 1. The van der Waals surface area contributed by atoms with E-state index in [9.17, 15) is 4.79 Å². The van der Waals surface area contributed by atoms with Crippen molar-refractivity contribution in [1.82, 2.24) is 24.9 Å². The van der Waals surface area contributed by atoms with Crippen LogP contribution in [0.25, 0.3) is 5.78 Å². The molecule has 2 heterocycles. The van der Waals surface area contributed by atoms with Gasteiger partial charge >= 0.3 is 0 Å². The van der Waals surface area contributed by atoms with Crippen LogP contribution in [0.4, 0.5) is 0 Å². The number of aromatic nitrogens is 4. The molecule has 1 aliphatic carbocycles. The lowest BCUT2D eigenvalue weighted by molar-refractivity contribution is 0.0926. The zero-order chi connectivity index (χ0) is 15.1. The topological polar surface area (TPSA) is 72.2 Å². The highest BCUT2D eigenvalue weighted by Crippen LogP contribution is 2.30. The van der Waals surface area contributed by atoms with Gasteiger partial charge < -0.3 is 5.32 Å². The Kier molecular flexibility index (Phi) is 2.89. The van der Waals surface area contributed by atoms with Crippen molar-refractivity contribution in [3.63, 3.8) is 0 Å². The number of hydrogen-bond donors (Lipinski definition) is 1. The zero-order valence-corrected chi connectivity index (χ0v) is 12.2. The molecule has 0 spiro atoms. The summed E-state index contributed by atoms with van der Waals surface area (Å²) in [5.41, 5.74) is 3.38. The van der Waals surface area contributed by atoms with Crippen molar-refractivity contribution < 1.29 is 4.79 Å². The third-order valence-corrected chi connectivity index (χ3v) is 4.07. The second kappa shape index (κ2) is 4.91. The minimum Gasteiger partial charge on any atom is -0.342 e. The van der Waals surface area contributed by atoms with E-state index in [1.165, 1.54) is 11.1 Å². The molecule has 0 radical (unpaired) electrons. The minimum atomic E-state index is -0.258. The SMILES string of the molecule is Cc1ccnc2nc(C(=O)N[C@H]3CCc4ccccc43)nn12. The van der Waals surface area contributed by atoms with E-state index in [2.05, 4.69) is 32.5 Å². The van der Waals surface area contributed by atoms with Gasteiger partial charge in [0.1, 0.15) is 0 Å². The first kappa shape index (κ1) is 12.9. The molecule has 1 aliphatic rings. The molecule has 2 aromatic heterocycles. The molecule has 0 saturated heterocycles. The Morgan fingerprint density at radius 1 is 1.32 bits per heavy atom. The van der Waals surface area contributed by atoms with Crippen LogP contribution in [0.3, 0.4) is 0 Å². The average molecular weight is 293 g/mol. The normalized spacial score (nSPS) is 16.7. The fraction of sp³-hybridized carbons (Fsp3) is 0.250. The van der Waals surface area contributed by atoms with E-state index in [-0.39, 0.29) is 17.8 Å². The van der Waals surface area contributed by atoms with Crippen molar-refractivity contribution in [2.75, 3.05) is 0 Å². The summed E-state index contributed by atoms with van der Waals surface area (Å²) in [6.07, 6.45) is 3.56. The van der Waals surface area contributed by atoms with Crippen LogP contribution in [-0.4, -0.2) is 25.5 Å². The molecule has 0 bridgehead atoms. The summed E-state index contributed by atoms with van der Waals surface area (Å²) in [6, 6.07) is 10.1. The van der Waals surface area contributed by atoms with E-state index in [1.54, 1.807) is 10.7 Å². The van der Waals surface area contributed by atoms with Gasteiger partial charge in [-0.2, -0.15) is 4.98 Å². The van der Waals surface area contributed by atoms with Crippen molar-refractivity contribution in [3.05, 3.63) is 59.2 Å². The molecular formula is C16H15N5O. The Balaban J connectivity index is 1.61. The quantitative estimate of drug-likeness (QED) is 0.782. The van der Waals surface area contributed by atoms with E-state index >= 15 is 0 Å². The predicted molar refractivity (Wildman–Crippen MR) is 80.5 cm³/mol. The molecule has 0 unspecified atom stereocenters. The number of hydrogen-bond acceptors (Lipinski definition) is 4.